The summed E-state index contributed by atoms with van der Waals surface area (Å²) in [7, 11) is 0. The third-order valence-corrected chi connectivity index (χ3v) is 4.34. The first kappa shape index (κ1) is 9.41. The van der Waals surface area contributed by atoms with E-state index >= 15 is 0 Å². The van der Waals surface area contributed by atoms with Crippen LogP contribution in [0.1, 0.15) is 49.1 Å². The molecule has 0 aromatic heterocycles. The van der Waals surface area contributed by atoms with Crippen molar-refractivity contribution >= 4 is 0 Å². The highest BCUT2D eigenvalue weighted by Crippen LogP contribution is 2.47. The zero-order valence-corrected chi connectivity index (χ0v) is 9.21. The monoisotopic (exact) mass is 201 g/mol. The summed E-state index contributed by atoms with van der Waals surface area (Å²) in [6.07, 6.45) is 6.76. The van der Waals surface area contributed by atoms with Crippen LogP contribution in [0, 0.1) is 0 Å². The number of benzene rings is 1. The Bertz CT molecular complexity index is 344. The van der Waals surface area contributed by atoms with E-state index in [2.05, 4.69) is 24.3 Å². The molecule has 2 aliphatic carbocycles. The predicted octanol–water partition coefficient (Wildman–Crippen LogP) is 2.94. The van der Waals surface area contributed by atoms with Crippen LogP contribution in [0.25, 0.3) is 0 Å². The van der Waals surface area contributed by atoms with Crippen LogP contribution in [0.4, 0.5) is 0 Å². The largest absolute Gasteiger partial charge is 0.330 e. The standard InChI is InChI=1S/C14H19N/c15-10-14(8-9-14)13-6-4-12(5-7-13)11-2-1-3-11/h4-7,11H,1-3,8-10,15H2. The van der Waals surface area contributed by atoms with Gasteiger partial charge in [-0.25, -0.2) is 0 Å². The highest BCUT2D eigenvalue weighted by molar-refractivity contribution is 5.35. The van der Waals surface area contributed by atoms with E-state index < -0.39 is 0 Å². The maximum absolute atomic E-state index is 5.84. The van der Waals surface area contributed by atoms with Crippen LogP contribution in [0.15, 0.2) is 24.3 Å². The summed E-state index contributed by atoms with van der Waals surface area (Å²) in [4.78, 5) is 0. The van der Waals surface area contributed by atoms with Crippen LogP contribution < -0.4 is 5.73 Å². The quantitative estimate of drug-likeness (QED) is 0.799. The molecule has 0 aliphatic heterocycles. The molecule has 1 heteroatoms. The molecule has 1 aromatic rings. The van der Waals surface area contributed by atoms with Crippen molar-refractivity contribution in [1.82, 2.24) is 0 Å². The molecule has 2 aliphatic rings. The van der Waals surface area contributed by atoms with Gasteiger partial charge < -0.3 is 5.73 Å². The van der Waals surface area contributed by atoms with Crippen LogP contribution in [0.3, 0.4) is 0 Å². The normalized spacial score (nSPS) is 23.5. The number of nitrogens with two attached hydrogens (primary N) is 1. The van der Waals surface area contributed by atoms with Gasteiger partial charge in [-0.1, -0.05) is 30.7 Å². The maximum Gasteiger partial charge on any atom is 0.00762 e. The first-order valence-electron chi connectivity index (χ1n) is 6.15. The lowest BCUT2D eigenvalue weighted by molar-refractivity contribution is 0.419. The molecule has 15 heavy (non-hydrogen) atoms. The fourth-order valence-electron chi connectivity index (χ4n) is 2.61. The van der Waals surface area contributed by atoms with Crippen LogP contribution in [-0.4, -0.2) is 6.54 Å². The summed E-state index contributed by atoms with van der Waals surface area (Å²) in [6, 6.07) is 9.28. The van der Waals surface area contributed by atoms with Gasteiger partial charge in [0.05, 0.1) is 0 Å². The van der Waals surface area contributed by atoms with Gasteiger partial charge in [-0.3, -0.25) is 0 Å². The minimum absolute atomic E-state index is 0.359. The van der Waals surface area contributed by atoms with Gasteiger partial charge in [0, 0.05) is 12.0 Å². The third-order valence-electron chi connectivity index (χ3n) is 4.34. The van der Waals surface area contributed by atoms with Crippen LogP contribution in [-0.2, 0) is 5.41 Å². The lowest BCUT2D eigenvalue weighted by Crippen LogP contribution is -2.19. The Balaban J connectivity index is 1.81. The summed E-state index contributed by atoms with van der Waals surface area (Å²) < 4.78 is 0. The Morgan fingerprint density at radius 3 is 2.20 bits per heavy atom. The average molecular weight is 201 g/mol. The second-order valence-corrected chi connectivity index (χ2v) is 5.23. The number of hydrogen-bond donors (Lipinski definition) is 1. The van der Waals surface area contributed by atoms with Crippen molar-refractivity contribution in [1.29, 1.82) is 0 Å². The van der Waals surface area contributed by atoms with E-state index in [-0.39, 0.29) is 0 Å². The Hall–Kier alpha value is -0.820. The molecular formula is C14H19N. The molecule has 0 radical (unpaired) electrons. The minimum atomic E-state index is 0.359. The van der Waals surface area contributed by atoms with E-state index in [1.54, 1.807) is 0 Å². The molecule has 0 heterocycles. The van der Waals surface area contributed by atoms with E-state index in [1.807, 2.05) is 0 Å². The zero-order valence-electron chi connectivity index (χ0n) is 9.21. The summed E-state index contributed by atoms with van der Waals surface area (Å²) in [5.74, 6) is 0.854. The first-order chi connectivity index (χ1) is 7.34. The zero-order chi connectivity index (χ0) is 10.3. The van der Waals surface area contributed by atoms with E-state index in [4.69, 9.17) is 5.73 Å². The lowest BCUT2D eigenvalue weighted by Gasteiger charge is -2.26. The predicted molar refractivity (Wildman–Crippen MR) is 63.0 cm³/mol. The van der Waals surface area contributed by atoms with Crippen molar-refractivity contribution in [3.8, 4) is 0 Å². The Kier molecular flexibility index (Phi) is 2.10. The molecule has 1 nitrogen and oxygen atoms in total. The van der Waals surface area contributed by atoms with E-state index in [0.29, 0.717) is 5.41 Å². The van der Waals surface area contributed by atoms with Gasteiger partial charge in [0.15, 0.2) is 0 Å². The number of hydrogen-bond acceptors (Lipinski definition) is 1. The SMILES string of the molecule is NCC1(c2ccc(C3CCC3)cc2)CC1. The molecule has 0 spiro atoms. The third kappa shape index (κ3) is 1.50. The second-order valence-electron chi connectivity index (χ2n) is 5.23. The summed E-state index contributed by atoms with van der Waals surface area (Å²) in [5.41, 5.74) is 9.20. The molecule has 0 bridgehead atoms. The molecule has 2 N–H and O–H groups in total. The number of rotatable bonds is 3. The van der Waals surface area contributed by atoms with Crippen molar-refractivity contribution in [3.05, 3.63) is 35.4 Å². The van der Waals surface area contributed by atoms with Crippen LogP contribution in [0.5, 0.6) is 0 Å². The topological polar surface area (TPSA) is 26.0 Å². The van der Waals surface area contributed by atoms with Gasteiger partial charge in [0.2, 0.25) is 0 Å². The molecule has 1 aromatic carbocycles. The van der Waals surface area contributed by atoms with Crippen molar-refractivity contribution in [2.24, 2.45) is 5.73 Å². The van der Waals surface area contributed by atoms with Gasteiger partial charge in [0.1, 0.15) is 0 Å². The highest BCUT2D eigenvalue weighted by atomic mass is 14.7. The minimum Gasteiger partial charge on any atom is -0.330 e. The summed E-state index contributed by atoms with van der Waals surface area (Å²) in [5, 5.41) is 0. The molecule has 0 unspecified atom stereocenters. The van der Waals surface area contributed by atoms with Crippen molar-refractivity contribution in [3.63, 3.8) is 0 Å². The fraction of sp³-hybridized carbons (Fsp3) is 0.571. The van der Waals surface area contributed by atoms with Gasteiger partial charge >= 0.3 is 0 Å². The van der Waals surface area contributed by atoms with Gasteiger partial charge in [-0.05, 0) is 42.7 Å². The second kappa shape index (κ2) is 3.34. The first-order valence-corrected chi connectivity index (χ1v) is 6.15. The smallest absolute Gasteiger partial charge is 0.00762 e. The van der Waals surface area contributed by atoms with E-state index in [9.17, 15) is 0 Å². The van der Waals surface area contributed by atoms with Crippen LogP contribution >= 0.6 is 0 Å². The molecular weight excluding hydrogens is 182 g/mol. The van der Waals surface area contributed by atoms with Crippen molar-refractivity contribution in [2.45, 2.75) is 43.4 Å². The molecule has 0 atom stereocenters. The highest BCUT2D eigenvalue weighted by Gasteiger charge is 2.42. The van der Waals surface area contributed by atoms with Gasteiger partial charge in [0.25, 0.3) is 0 Å². The Morgan fingerprint density at radius 1 is 1.13 bits per heavy atom. The van der Waals surface area contributed by atoms with E-state index in [1.165, 1.54) is 43.2 Å². The van der Waals surface area contributed by atoms with Gasteiger partial charge in [-0.15, -0.1) is 0 Å². The fourth-order valence-corrected chi connectivity index (χ4v) is 2.61. The summed E-state index contributed by atoms with van der Waals surface area (Å²) in [6.45, 7) is 0.815. The molecule has 0 saturated heterocycles. The maximum atomic E-state index is 5.84. The molecule has 3 rings (SSSR count). The molecule has 0 amide bonds. The Labute approximate surface area is 91.7 Å². The molecule has 2 saturated carbocycles. The van der Waals surface area contributed by atoms with E-state index in [0.717, 1.165) is 12.5 Å². The molecule has 2 fully saturated rings. The molecule has 80 valence electrons. The summed E-state index contributed by atoms with van der Waals surface area (Å²) >= 11 is 0. The van der Waals surface area contributed by atoms with Crippen LogP contribution in [0.2, 0.25) is 0 Å². The van der Waals surface area contributed by atoms with Crippen molar-refractivity contribution in [2.75, 3.05) is 6.54 Å². The lowest BCUT2D eigenvalue weighted by atomic mass is 9.79. The van der Waals surface area contributed by atoms with Gasteiger partial charge in [-0.2, -0.15) is 0 Å². The van der Waals surface area contributed by atoms with Crippen molar-refractivity contribution < 1.29 is 0 Å². The average Bonchev–Trinajstić information content (AvgIpc) is 2.97. The Morgan fingerprint density at radius 2 is 1.80 bits per heavy atom.